The third-order valence-corrected chi connectivity index (χ3v) is 4.69. The van der Waals surface area contributed by atoms with Gasteiger partial charge in [0.1, 0.15) is 5.75 Å². The summed E-state index contributed by atoms with van der Waals surface area (Å²) in [6.45, 7) is 2.50. The van der Waals surface area contributed by atoms with Crippen LogP contribution in [0, 0.1) is 0 Å². The van der Waals surface area contributed by atoms with Crippen molar-refractivity contribution in [1.82, 2.24) is 4.90 Å². The summed E-state index contributed by atoms with van der Waals surface area (Å²) in [7, 11) is 0. The van der Waals surface area contributed by atoms with Gasteiger partial charge in [-0.25, -0.2) is 0 Å². The van der Waals surface area contributed by atoms with E-state index in [1.54, 1.807) is 0 Å². The number of amides is 1. The molecule has 0 radical (unpaired) electrons. The van der Waals surface area contributed by atoms with Crippen LogP contribution in [0.3, 0.4) is 0 Å². The molecule has 1 atom stereocenters. The van der Waals surface area contributed by atoms with Gasteiger partial charge in [-0.05, 0) is 23.6 Å². The first-order chi connectivity index (χ1) is 10.7. The highest BCUT2D eigenvalue weighted by Crippen LogP contribution is 2.45. The summed E-state index contributed by atoms with van der Waals surface area (Å²) in [6.07, 6.45) is 10.6. The maximum atomic E-state index is 12.2. The molecule has 1 aromatic carbocycles. The molecule has 1 aliphatic carbocycles. The summed E-state index contributed by atoms with van der Waals surface area (Å²) in [6, 6.07) is 8.19. The Morgan fingerprint density at radius 1 is 1.36 bits per heavy atom. The lowest BCUT2D eigenvalue weighted by Crippen LogP contribution is -2.51. The van der Waals surface area contributed by atoms with Gasteiger partial charge in [0.2, 0.25) is 5.91 Å². The fourth-order valence-corrected chi connectivity index (χ4v) is 3.64. The number of hydrogen-bond acceptors (Lipinski definition) is 2. The van der Waals surface area contributed by atoms with Crippen LogP contribution in [0.4, 0.5) is 0 Å². The molecule has 0 bridgehead atoms. The molecule has 3 heteroatoms. The normalized spacial score (nSPS) is 25.2. The molecule has 4 rings (SSSR count). The van der Waals surface area contributed by atoms with Crippen molar-refractivity contribution >= 4 is 5.91 Å². The van der Waals surface area contributed by atoms with Gasteiger partial charge in [0.25, 0.3) is 0 Å². The number of carbonyl (C=O) groups excluding carboxylic acids is 1. The molecule has 1 unspecified atom stereocenters. The van der Waals surface area contributed by atoms with Crippen LogP contribution in [0.15, 0.2) is 59.8 Å². The van der Waals surface area contributed by atoms with Crippen LogP contribution in [0.25, 0.3) is 0 Å². The molecule has 0 saturated heterocycles. The van der Waals surface area contributed by atoms with Gasteiger partial charge in [0.05, 0.1) is 6.54 Å². The Bertz CT molecular complexity index is 702. The van der Waals surface area contributed by atoms with Gasteiger partial charge in [-0.15, -0.1) is 0 Å². The number of nitrogens with zero attached hydrogens (tertiary/aromatic N) is 1. The van der Waals surface area contributed by atoms with Crippen LogP contribution in [0.5, 0.6) is 5.75 Å². The first-order valence-electron chi connectivity index (χ1n) is 7.86. The topological polar surface area (TPSA) is 29.5 Å². The highest BCUT2D eigenvalue weighted by molar-refractivity contribution is 5.78. The number of carbonyl (C=O) groups is 1. The summed E-state index contributed by atoms with van der Waals surface area (Å²) in [4.78, 5) is 14.1. The molecule has 2 heterocycles. The molecule has 0 saturated carbocycles. The number of para-hydroxylation sites is 1. The molecule has 0 fully saturated rings. The Hall–Kier alpha value is -2.29. The minimum absolute atomic E-state index is 0.153. The van der Waals surface area contributed by atoms with Crippen molar-refractivity contribution in [3.05, 3.63) is 65.4 Å². The van der Waals surface area contributed by atoms with Gasteiger partial charge >= 0.3 is 0 Å². The Kier molecular flexibility index (Phi) is 2.96. The average Bonchev–Trinajstić information content (AvgIpc) is 2.92. The summed E-state index contributed by atoms with van der Waals surface area (Å²) in [5.41, 5.74) is 3.22. The molecule has 1 amide bonds. The van der Waals surface area contributed by atoms with E-state index >= 15 is 0 Å². The number of allylic oxidation sites excluding steroid dienone is 3. The summed E-state index contributed by atoms with van der Waals surface area (Å²) in [5.74, 6) is 1.10. The molecule has 1 aromatic rings. The zero-order valence-electron chi connectivity index (χ0n) is 12.7. The van der Waals surface area contributed by atoms with Crippen molar-refractivity contribution in [2.24, 2.45) is 0 Å². The maximum absolute atomic E-state index is 12.2. The Balaban J connectivity index is 1.79. The maximum Gasteiger partial charge on any atom is 0.226 e. The molecule has 0 aromatic heterocycles. The first kappa shape index (κ1) is 13.4. The monoisotopic (exact) mass is 293 g/mol. The first-order valence-corrected chi connectivity index (χ1v) is 7.86. The molecule has 3 nitrogen and oxygen atoms in total. The van der Waals surface area contributed by atoms with Crippen LogP contribution in [-0.4, -0.2) is 23.0 Å². The molecule has 0 N–H and O–H groups in total. The zero-order chi connectivity index (χ0) is 15.2. The van der Waals surface area contributed by atoms with E-state index in [0.29, 0.717) is 13.0 Å². The van der Waals surface area contributed by atoms with Gasteiger partial charge in [-0.1, -0.05) is 43.4 Å². The zero-order valence-corrected chi connectivity index (χ0v) is 12.7. The van der Waals surface area contributed by atoms with E-state index in [2.05, 4.69) is 24.3 Å². The summed E-state index contributed by atoms with van der Waals surface area (Å²) in [5, 5.41) is 0. The number of benzene rings is 1. The quantitative estimate of drug-likeness (QED) is 0.794. The third-order valence-electron chi connectivity index (χ3n) is 4.69. The molecular formula is C19H19NO2. The lowest BCUT2D eigenvalue weighted by molar-refractivity contribution is -0.130. The van der Waals surface area contributed by atoms with Crippen molar-refractivity contribution in [1.29, 1.82) is 0 Å². The molecule has 2 aliphatic heterocycles. The van der Waals surface area contributed by atoms with Crippen molar-refractivity contribution in [2.75, 3.05) is 6.54 Å². The van der Waals surface area contributed by atoms with E-state index in [4.69, 9.17) is 4.74 Å². The number of rotatable bonds is 1. The van der Waals surface area contributed by atoms with Gasteiger partial charge in [0.15, 0.2) is 5.60 Å². The fraction of sp³-hybridized carbons (Fsp3) is 0.316. The van der Waals surface area contributed by atoms with Crippen molar-refractivity contribution in [3.63, 3.8) is 0 Å². The van der Waals surface area contributed by atoms with Gasteiger partial charge in [-0.3, -0.25) is 4.79 Å². The SMILES string of the molecule is CCC(=O)N1C=C2CC=CC=C2C2(Cc3ccccc3O2)C1. The second kappa shape index (κ2) is 4.87. The predicted octanol–water partition coefficient (Wildman–Crippen LogP) is 3.38. The second-order valence-electron chi connectivity index (χ2n) is 6.12. The molecule has 1 spiro atoms. The Labute approximate surface area is 130 Å². The largest absolute Gasteiger partial charge is 0.480 e. The Morgan fingerprint density at radius 3 is 3.05 bits per heavy atom. The second-order valence-corrected chi connectivity index (χ2v) is 6.12. The fourth-order valence-electron chi connectivity index (χ4n) is 3.64. The summed E-state index contributed by atoms with van der Waals surface area (Å²) < 4.78 is 6.39. The van der Waals surface area contributed by atoms with E-state index in [1.807, 2.05) is 36.2 Å². The lowest BCUT2D eigenvalue weighted by Gasteiger charge is -2.41. The van der Waals surface area contributed by atoms with Crippen molar-refractivity contribution < 1.29 is 9.53 Å². The minimum atomic E-state index is -0.427. The number of fused-ring (bicyclic) bond motifs is 3. The smallest absolute Gasteiger partial charge is 0.226 e. The van der Waals surface area contributed by atoms with Gasteiger partial charge in [-0.2, -0.15) is 0 Å². The Morgan fingerprint density at radius 2 is 2.23 bits per heavy atom. The van der Waals surface area contributed by atoms with Crippen LogP contribution in [-0.2, 0) is 11.2 Å². The lowest BCUT2D eigenvalue weighted by atomic mass is 9.79. The highest BCUT2D eigenvalue weighted by atomic mass is 16.5. The average molecular weight is 293 g/mol. The van der Waals surface area contributed by atoms with E-state index in [9.17, 15) is 4.79 Å². The van der Waals surface area contributed by atoms with Crippen LogP contribution in [0.1, 0.15) is 25.3 Å². The highest BCUT2D eigenvalue weighted by Gasteiger charge is 2.47. The summed E-state index contributed by atoms with van der Waals surface area (Å²) >= 11 is 0. The van der Waals surface area contributed by atoms with E-state index in [0.717, 1.165) is 18.6 Å². The van der Waals surface area contributed by atoms with Crippen LogP contribution >= 0.6 is 0 Å². The van der Waals surface area contributed by atoms with Crippen molar-refractivity contribution in [3.8, 4) is 5.75 Å². The number of hydrogen-bond donors (Lipinski definition) is 0. The van der Waals surface area contributed by atoms with E-state index in [1.165, 1.54) is 16.7 Å². The van der Waals surface area contributed by atoms with E-state index in [-0.39, 0.29) is 5.91 Å². The predicted molar refractivity (Wildman–Crippen MR) is 85.4 cm³/mol. The standard InChI is InChI=1S/C19H19NO2/c1-2-18(21)20-12-15-8-3-5-9-16(15)19(13-20)11-14-7-4-6-10-17(14)22-19/h3-7,9-10,12H,2,8,11,13H2,1H3. The molecule has 112 valence electrons. The van der Waals surface area contributed by atoms with Crippen LogP contribution in [0.2, 0.25) is 0 Å². The molecular weight excluding hydrogens is 274 g/mol. The van der Waals surface area contributed by atoms with E-state index < -0.39 is 5.60 Å². The third kappa shape index (κ3) is 1.92. The van der Waals surface area contributed by atoms with Gasteiger partial charge in [0, 0.05) is 24.6 Å². The molecule has 3 aliphatic rings. The molecule has 22 heavy (non-hydrogen) atoms. The number of ether oxygens (including phenoxy) is 1. The minimum Gasteiger partial charge on any atom is -0.480 e. The van der Waals surface area contributed by atoms with Gasteiger partial charge < -0.3 is 9.64 Å². The van der Waals surface area contributed by atoms with Crippen molar-refractivity contribution in [2.45, 2.75) is 31.8 Å². The van der Waals surface area contributed by atoms with Crippen LogP contribution < -0.4 is 4.74 Å².